The Morgan fingerprint density at radius 3 is 0.827 bits per heavy atom. The van der Waals surface area contributed by atoms with E-state index in [1.165, 1.54) is 6.08 Å². The highest BCUT2D eigenvalue weighted by molar-refractivity contribution is 5.96. The highest BCUT2D eigenvalue weighted by Gasteiger charge is 2.15. The topological polar surface area (TPSA) is 84.0 Å². The normalized spacial score (nSPS) is 11.5. The standard InChI is InChI=1S/C68H50N4O3/c69-50-56(68(73)74)49-67-48-47-66(75-67)46-35-55-33-44-65(45-34-55)72(63-40-29-53(30-41-63)23-21-51-25-36-61(37-26-51)70(57-13-5-1-6-14-57)58-15-7-2-8-16-58)64-42-31-54(32-43-64)24-22-52-27-38-62(39-28-52)71(59-17-9-3-10-18-59)60-19-11-4-12-20-60/h1-49H,(H,73,74)/b23-21+,24-22+,46-35+,56-49+. The van der Waals surface area contributed by atoms with E-state index in [0.717, 1.165) is 79.0 Å². The van der Waals surface area contributed by atoms with Crippen molar-refractivity contribution in [1.29, 1.82) is 5.26 Å². The van der Waals surface area contributed by atoms with E-state index in [-0.39, 0.29) is 5.76 Å². The van der Waals surface area contributed by atoms with Gasteiger partial charge in [-0.3, -0.25) is 0 Å². The predicted molar refractivity (Wildman–Crippen MR) is 310 cm³/mol. The van der Waals surface area contributed by atoms with Crippen molar-refractivity contribution in [1.82, 2.24) is 0 Å². The maximum absolute atomic E-state index is 11.3. The van der Waals surface area contributed by atoms with Crippen molar-refractivity contribution in [3.63, 3.8) is 0 Å². The SMILES string of the molecule is N#C/C(=C\c1ccc(/C=C/c2ccc(N(c3ccc(/C=C/c4ccc(N(c5ccccc5)c5ccccc5)cc4)cc3)c3ccc(/C=C/c4ccc(N(c5ccccc5)c5ccccc5)cc4)cc3)cc2)o1)C(=O)O. The van der Waals surface area contributed by atoms with Gasteiger partial charge < -0.3 is 24.2 Å². The summed E-state index contributed by atoms with van der Waals surface area (Å²) in [5.41, 5.74) is 14.4. The van der Waals surface area contributed by atoms with Gasteiger partial charge in [-0.15, -0.1) is 0 Å². The molecule has 0 amide bonds. The number of carboxylic acid groups (broad SMARTS) is 1. The minimum absolute atomic E-state index is 0.287. The molecule has 0 spiro atoms. The second kappa shape index (κ2) is 23.2. The van der Waals surface area contributed by atoms with E-state index in [9.17, 15) is 9.90 Å². The van der Waals surface area contributed by atoms with Crippen LogP contribution < -0.4 is 14.7 Å². The fourth-order valence-corrected chi connectivity index (χ4v) is 8.71. The van der Waals surface area contributed by atoms with Gasteiger partial charge in [-0.05, 0) is 155 Å². The molecule has 9 aromatic carbocycles. The number of rotatable bonds is 17. The number of furan rings is 1. The van der Waals surface area contributed by atoms with Crippen LogP contribution in [-0.4, -0.2) is 11.1 Å². The van der Waals surface area contributed by atoms with E-state index in [4.69, 9.17) is 9.68 Å². The molecule has 0 aliphatic heterocycles. The molecule has 75 heavy (non-hydrogen) atoms. The summed E-state index contributed by atoms with van der Waals surface area (Å²) in [5, 5.41) is 18.4. The lowest BCUT2D eigenvalue weighted by atomic mass is 10.1. The van der Waals surface area contributed by atoms with Gasteiger partial charge in [-0.2, -0.15) is 5.26 Å². The zero-order chi connectivity index (χ0) is 51.2. The average Bonchev–Trinajstić information content (AvgIpc) is 3.93. The quantitative estimate of drug-likeness (QED) is 0.0553. The summed E-state index contributed by atoms with van der Waals surface area (Å²) in [7, 11) is 0. The monoisotopic (exact) mass is 970 g/mol. The van der Waals surface area contributed by atoms with Gasteiger partial charge in [0.15, 0.2) is 0 Å². The second-order valence-corrected chi connectivity index (χ2v) is 17.5. The summed E-state index contributed by atoms with van der Waals surface area (Å²) in [6, 6.07) is 89.4. The molecule has 360 valence electrons. The molecule has 0 saturated carbocycles. The van der Waals surface area contributed by atoms with Crippen LogP contribution >= 0.6 is 0 Å². The highest BCUT2D eigenvalue weighted by Crippen LogP contribution is 2.38. The predicted octanol–water partition coefficient (Wildman–Crippen LogP) is 18.2. The first-order valence-corrected chi connectivity index (χ1v) is 24.5. The van der Waals surface area contributed by atoms with Gasteiger partial charge in [0.2, 0.25) is 0 Å². The maximum Gasteiger partial charge on any atom is 0.346 e. The summed E-state index contributed by atoms with van der Waals surface area (Å²) in [6.45, 7) is 0. The van der Waals surface area contributed by atoms with E-state index in [1.807, 2.05) is 48.6 Å². The van der Waals surface area contributed by atoms with Crippen molar-refractivity contribution < 1.29 is 14.3 Å². The molecule has 0 fully saturated rings. The number of hydrogen-bond acceptors (Lipinski definition) is 6. The van der Waals surface area contributed by atoms with Crippen molar-refractivity contribution >= 4 is 99.7 Å². The Labute approximate surface area is 437 Å². The minimum atomic E-state index is -1.30. The van der Waals surface area contributed by atoms with Crippen LogP contribution in [0.1, 0.15) is 39.3 Å². The van der Waals surface area contributed by atoms with Crippen molar-refractivity contribution in [3.8, 4) is 6.07 Å². The molecule has 0 aliphatic rings. The highest BCUT2D eigenvalue weighted by atomic mass is 16.4. The summed E-state index contributed by atoms with van der Waals surface area (Å²) < 4.78 is 5.76. The lowest BCUT2D eigenvalue weighted by molar-refractivity contribution is -0.132. The maximum atomic E-state index is 11.3. The van der Waals surface area contributed by atoms with Gasteiger partial charge in [-0.1, -0.05) is 164 Å². The number of benzene rings is 9. The number of nitrogens with zero attached hydrogens (tertiary/aromatic N) is 4. The van der Waals surface area contributed by atoms with E-state index >= 15 is 0 Å². The first-order chi connectivity index (χ1) is 36.9. The Morgan fingerprint density at radius 2 is 0.573 bits per heavy atom. The molecule has 1 aromatic heterocycles. The van der Waals surface area contributed by atoms with Gasteiger partial charge in [0.25, 0.3) is 0 Å². The number of nitriles is 1. The van der Waals surface area contributed by atoms with Crippen LogP contribution in [0.5, 0.6) is 0 Å². The summed E-state index contributed by atoms with van der Waals surface area (Å²) in [6.07, 6.45) is 13.5. The van der Waals surface area contributed by atoms with E-state index in [2.05, 4.69) is 245 Å². The molecule has 1 heterocycles. The third kappa shape index (κ3) is 12.0. The van der Waals surface area contributed by atoms with Crippen LogP contribution in [0.15, 0.2) is 265 Å². The van der Waals surface area contributed by atoms with Crippen molar-refractivity contribution in [2.24, 2.45) is 0 Å². The molecule has 7 heteroatoms. The third-order valence-corrected chi connectivity index (χ3v) is 12.5. The molecule has 10 rings (SSSR count). The summed E-state index contributed by atoms with van der Waals surface area (Å²) in [5.74, 6) is -0.487. The van der Waals surface area contributed by atoms with Crippen molar-refractivity contribution in [2.45, 2.75) is 0 Å². The zero-order valence-electron chi connectivity index (χ0n) is 40.8. The first-order valence-electron chi connectivity index (χ1n) is 24.5. The average molecular weight is 971 g/mol. The van der Waals surface area contributed by atoms with Gasteiger partial charge in [-0.25, -0.2) is 4.79 Å². The molecule has 1 N–H and O–H groups in total. The van der Waals surface area contributed by atoms with Crippen LogP contribution in [0.3, 0.4) is 0 Å². The smallest absolute Gasteiger partial charge is 0.346 e. The molecule has 10 aromatic rings. The minimum Gasteiger partial charge on any atom is -0.477 e. The Morgan fingerprint density at radius 1 is 0.333 bits per heavy atom. The number of hydrogen-bond donors (Lipinski definition) is 1. The van der Waals surface area contributed by atoms with Gasteiger partial charge in [0.05, 0.1) is 0 Å². The Balaban J connectivity index is 0.884. The lowest BCUT2D eigenvalue weighted by Gasteiger charge is -2.26. The van der Waals surface area contributed by atoms with Crippen molar-refractivity contribution in [2.75, 3.05) is 14.7 Å². The van der Waals surface area contributed by atoms with E-state index < -0.39 is 11.5 Å². The van der Waals surface area contributed by atoms with Crippen LogP contribution in [-0.2, 0) is 4.79 Å². The number of para-hydroxylation sites is 4. The second-order valence-electron chi connectivity index (χ2n) is 17.5. The number of carbonyl (C=O) groups is 1. The van der Waals surface area contributed by atoms with Crippen LogP contribution in [0.2, 0.25) is 0 Å². The van der Waals surface area contributed by atoms with Gasteiger partial charge in [0, 0.05) is 57.3 Å². The van der Waals surface area contributed by atoms with Gasteiger partial charge in [0.1, 0.15) is 23.2 Å². The molecular formula is C68H50N4O3. The van der Waals surface area contributed by atoms with Crippen LogP contribution in [0.25, 0.3) is 42.5 Å². The van der Waals surface area contributed by atoms with E-state index in [0.29, 0.717) is 5.76 Å². The van der Waals surface area contributed by atoms with E-state index in [1.54, 1.807) is 18.2 Å². The Kier molecular flexibility index (Phi) is 14.9. The van der Waals surface area contributed by atoms with Gasteiger partial charge >= 0.3 is 5.97 Å². The fraction of sp³-hybridized carbons (Fsp3) is 0. The Bertz CT molecular complexity index is 3380. The fourth-order valence-electron chi connectivity index (χ4n) is 8.71. The molecule has 7 nitrogen and oxygen atoms in total. The summed E-state index contributed by atoms with van der Waals surface area (Å²) >= 11 is 0. The number of carboxylic acids is 1. The first kappa shape index (κ1) is 48.2. The van der Waals surface area contributed by atoms with Crippen LogP contribution in [0.4, 0.5) is 51.2 Å². The largest absolute Gasteiger partial charge is 0.477 e. The molecular weight excluding hydrogens is 921 g/mol. The molecule has 0 radical (unpaired) electrons. The van der Waals surface area contributed by atoms with Crippen molar-refractivity contribution in [3.05, 3.63) is 300 Å². The zero-order valence-corrected chi connectivity index (χ0v) is 40.8. The van der Waals surface area contributed by atoms with Crippen LogP contribution in [0, 0.1) is 11.3 Å². The molecule has 0 atom stereocenters. The molecule has 0 unspecified atom stereocenters. The Hall–Kier alpha value is -10.4. The third-order valence-electron chi connectivity index (χ3n) is 12.5. The summed E-state index contributed by atoms with van der Waals surface area (Å²) in [4.78, 5) is 18.1. The molecule has 0 bridgehead atoms. The lowest BCUT2D eigenvalue weighted by Crippen LogP contribution is -2.09. The molecule has 0 saturated heterocycles. The molecule has 0 aliphatic carbocycles. The number of aliphatic carboxylic acids is 1. The number of anilines is 9.